The van der Waals surface area contributed by atoms with Gasteiger partial charge < -0.3 is 15.5 Å². The largest absolute Gasteiger partial charge is 0.343 e. The van der Waals surface area contributed by atoms with Gasteiger partial charge in [0.2, 0.25) is 5.91 Å². The number of amides is 3. The molecule has 0 unspecified atom stereocenters. The van der Waals surface area contributed by atoms with Crippen LogP contribution in [0, 0.1) is 0 Å². The fraction of sp³-hybridized carbons (Fsp3) is 0.192. The SMILES string of the molecule is O=C(NCC(=O)N1CCNCC1)c1ccc(S(=O)(=O)N(C(=O)c2ccc(Cl)cc2Cl)c2ccccc2)cc1. The van der Waals surface area contributed by atoms with Gasteiger partial charge in [-0.05, 0) is 54.6 Å². The highest BCUT2D eigenvalue weighted by Crippen LogP contribution is 2.29. The summed E-state index contributed by atoms with van der Waals surface area (Å²) in [5, 5.41) is 6.01. The number of carbonyl (C=O) groups is 3. The Bertz CT molecular complexity index is 1440. The van der Waals surface area contributed by atoms with Crippen molar-refractivity contribution in [2.75, 3.05) is 37.0 Å². The Morgan fingerprint density at radius 2 is 1.58 bits per heavy atom. The summed E-state index contributed by atoms with van der Waals surface area (Å²) in [6.45, 7) is 2.36. The molecule has 3 amide bonds. The second-order valence-electron chi connectivity index (χ2n) is 8.37. The fourth-order valence-electron chi connectivity index (χ4n) is 3.87. The number of hydrogen-bond donors (Lipinski definition) is 2. The Morgan fingerprint density at radius 1 is 0.921 bits per heavy atom. The number of rotatable bonds is 7. The number of anilines is 1. The number of hydrogen-bond acceptors (Lipinski definition) is 6. The lowest BCUT2D eigenvalue weighted by molar-refractivity contribution is -0.130. The summed E-state index contributed by atoms with van der Waals surface area (Å²) >= 11 is 12.1. The molecular weight excluding hydrogens is 551 g/mol. The molecule has 1 saturated heterocycles. The first-order valence-electron chi connectivity index (χ1n) is 11.6. The molecule has 9 nitrogen and oxygen atoms in total. The molecule has 1 aliphatic heterocycles. The van der Waals surface area contributed by atoms with E-state index in [1.54, 1.807) is 23.1 Å². The van der Waals surface area contributed by atoms with E-state index in [0.29, 0.717) is 35.5 Å². The molecule has 1 heterocycles. The minimum absolute atomic E-state index is 0.000938. The highest BCUT2D eigenvalue weighted by atomic mass is 35.5. The van der Waals surface area contributed by atoms with E-state index in [9.17, 15) is 22.8 Å². The quantitative estimate of drug-likeness (QED) is 0.447. The van der Waals surface area contributed by atoms with Crippen LogP contribution in [0.5, 0.6) is 0 Å². The van der Waals surface area contributed by atoms with E-state index in [-0.39, 0.29) is 39.2 Å². The monoisotopic (exact) mass is 574 g/mol. The summed E-state index contributed by atoms with van der Waals surface area (Å²) in [7, 11) is -4.42. The third kappa shape index (κ3) is 6.16. The Hall–Kier alpha value is -3.44. The van der Waals surface area contributed by atoms with Crippen LogP contribution in [-0.4, -0.2) is 63.8 Å². The standard InChI is InChI=1S/C26H24Cl2N4O5S/c27-19-8-11-22(23(28)16-19)26(35)32(20-4-2-1-3-5-20)38(36,37)21-9-6-18(7-10-21)25(34)30-17-24(33)31-14-12-29-13-15-31/h1-11,16,29H,12-15,17H2,(H,30,34). The molecule has 0 aliphatic carbocycles. The van der Waals surface area contributed by atoms with Gasteiger partial charge in [-0.3, -0.25) is 14.4 Å². The highest BCUT2D eigenvalue weighted by Gasteiger charge is 2.33. The van der Waals surface area contributed by atoms with E-state index >= 15 is 0 Å². The van der Waals surface area contributed by atoms with Crippen LogP contribution in [-0.2, 0) is 14.8 Å². The molecular formula is C26H24Cl2N4O5S. The zero-order valence-corrected chi connectivity index (χ0v) is 22.4. The second kappa shape index (κ2) is 12.0. The van der Waals surface area contributed by atoms with E-state index in [4.69, 9.17) is 23.2 Å². The third-order valence-electron chi connectivity index (χ3n) is 5.86. The molecule has 1 aliphatic rings. The van der Waals surface area contributed by atoms with E-state index in [2.05, 4.69) is 10.6 Å². The molecule has 4 rings (SSSR count). The average Bonchev–Trinajstić information content (AvgIpc) is 2.92. The summed E-state index contributed by atoms with van der Waals surface area (Å²) < 4.78 is 28.0. The topological polar surface area (TPSA) is 116 Å². The summed E-state index contributed by atoms with van der Waals surface area (Å²) in [6, 6.07) is 17.1. The van der Waals surface area contributed by atoms with Crippen LogP contribution in [0.2, 0.25) is 10.0 Å². The van der Waals surface area contributed by atoms with Crippen molar-refractivity contribution in [3.8, 4) is 0 Å². The Balaban J connectivity index is 1.56. The second-order valence-corrected chi connectivity index (χ2v) is 11.0. The lowest BCUT2D eigenvalue weighted by Crippen LogP contribution is -2.49. The number of nitrogens with one attached hydrogen (secondary N) is 2. The number of nitrogens with zero attached hydrogens (tertiary/aromatic N) is 2. The molecule has 0 bridgehead atoms. The van der Waals surface area contributed by atoms with Crippen molar-refractivity contribution in [1.82, 2.24) is 15.5 Å². The van der Waals surface area contributed by atoms with Crippen molar-refractivity contribution in [1.29, 1.82) is 0 Å². The van der Waals surface area contributed by atoms with Crippen molar-refractivity contribution < 1.29 is 22.8 Å². The zero-order valence-electron chi connectivity index (χ0n) is 20.1. The van der Waals surface area contributed by atoms with Gasteiger partial charge >= 0.3 is 0 Å². The molecule has 198 valence electrons. The predicted octanol–water partition coefficient (Wildman–Crippen LogP) is 3.19. The Labute approximate surface area is 230 Å². The number of sulfonamides is 1. The van der Waals surface area contributed by atoms with Crippen molar-refractivity contribution in [2.45, 2.75) is 4.90 Å². The minimum atomic E-state index is -4.42. The van der Waals surface area contributed by atoms with Crippen molar-refractivity contribution in [3.05, 3.63) is 94.0 Å². The van der Waals surface area contributed by atoms with Crippen LogP contribution in [0.4, 0.5) is 5.69 Å². The first kappa shape index (κ1) is 27.6. The van der Waals surface area contributed by atoms with Crippen molar-refractivity contribution in [2.24, 2.45) is 0 Å². The molecule has 1 fully saturated rings. The molecule has 0 atom stereocenters. The molecule has 0 spiro atoms. The van der Waals surface area contributed by atoms with Gasteiger partial charge in [0.05, 0.1) is 27.7 Å². The average molecular weight is 575 g/mol. The van der Waals surface area contributed by atoms with Gasteiger partial charge in [-0.15, -0.1) is 0 Å². The maximum atomic E-state index is 13.7. The molecule has 3 aromatic carbocycles. The normalized spacial score (nSPS) is 13.6. The van der Waals surface area contributed by atoms with E-state index < -0.39 is 21.8 Å². The maximum absolute atomic E-state index is 13.7. The minimum Gasteiger partial charge on any atom is -0.343 e. The molecule has 12 heteroatoms. The van der Waals surface area contributed by atoms with Gasteiger partial charge in [-0.25, -0.2) is 8.42 Å². The molecule has 2 N–H and O–H groups in total. The molecule has 0 radical (unpaired) electrons. The fourth-order valence-corrected chi connectivity index (χ4v) is 5.76. The number of benzene rings is 3. The van der Waals surface area contributed by atoms with Crippen molar-refractivity contribution in [3.63, 3.8) is 0 Å². The van der Waals surface area contributed by atoms with Crippen molar-refractivity contribution >= 4 is 56.6 Å². The summed E-state index contributed by atoms with van der Waals surface area (Å²) in [5.41, 5.74) is 0.223. The number of carbonyl (C=O) groups excluding carboxylic acids is 3. The number of para-hydroxylation sites is 1. The molecule has 0 saturated carbocycles. The maximum Gasteiger partial charge on any atom is 0.273 e. The Kier molecular flexibility index (Phi) is 8.68. The molecule has 38 heavy (non-hydrogen) atoms. The van der Waals surface area contributed by atoms with Gasteiger partial charge in [0.1, 0.15) is 0 Å². The summed E-state index contributed by atoms with van der Waals surface area (Å²) in [6.07, 6.45) is 0. The molecule has 3 aromatic rings. The lowest BCUT2D eigenvalue weighted by atomic mass is 10.2. The van der Waals surface area contributed by atoms with Gasteiger partial charge in [-0.1, -0.05) is 41.4 Å². The van der Waals surface area contributed by atoms with Crippen LogP contribution in [0.25, 0.3) is 0 Å². The first-order valence-corrected chi connectivity index (χ1v) is 13.8. The number of halogens is 2. The highest BCUT2D eigenvalue weighted by molar-refractivity contribution is 7.93. The zero-order chi connectivity index (χ0) is 27.3. The van der Waals surface area contributed by atoms with Crippen LogP contribution < -0.4 is 14.9 Å². The smallest absolute Gasteiger partial charge is 0.273 e. The summed E-state index contributed by atoms with van der Waals surface area (Å²) in [5.74, 6) is -1.59. The van der Waals surface area contributed by atoms with Gasteiger partial charge in [-0.2, -0.15) is 4.31 Å². The van der Waals surface area contributed by atoms with E-state index in [1.165, 1.54) is 54.6 Å². The van der Waals surface area contributed by atoms with Gasteiger partial charge in [0, 0.05) is 36.8 Å². The lowest BCUT2D eigenvalue weighted by Gasteiger charge is -2.27. The third-order valence-corrected chi connectivity index (χ3v) is 8.13. The molecule has 0 aromatic heterocycles. The van der Waals surface area contributed by atoms with E-state index in [1.807, 2.05) is 0 Å². The van der Waals surface area contributed by atoms with Crippen LogP contribution in [0.3, 0.4) is 0 Å². The van der Waals surface area contributed by atoms with Gasteiger partial charge in [0.15, 0.2) is 0 Å². The predicted molar refractivity (Wildman–Crippen MR) is 145 cm³/mol. The first-order chi connectivity index (χ1) is 18.2. The Morgan fingerprint density at radius 3 is 2.21 bits per heavy atom. The van der Waals surface area contributed by atoms with Crippen LogP contribution in [0.1, 0.15) is 20.7 Å². The van der Waals surface area contributed by atoms with E-state index in [0.717, 1.165) is 0 Å². The number of piperazine rings is 1. The summed E-state index contributed by atoms with van der Waals surface area (Å²) in [4.78, 5) is 39.8. The van der Waals surface area contributed by atoms with Crippen LogP contribution in [0.15, 0.2) is 77.7 Å². The van der Waals surface area contributed by atoms with Gasteiger partial charge in [0.25, 0.3) is 21.8 Å². The van der Waals surface area contributed by atoms with Crippen LogP contribution >= 0.6 is 23.2 Å².